The molecule has 0 bridgehead atoms. The van der Waals surface area contributed by atoms with Gasteiger partial charge in [-0.05, 0) is 42.3 Å². The molecule has 1 aliphatic rings. The zero-order valence-corrected chi connectivity index (χ0v) is 13.9. The molecular formula is C17H20FNO2S. The third kappa shape index (κ3) is 2.70. The number of carbonyl (C=O) groups excluding carboxylic acids is 1. The van der Waals surface area contributed by atoms with Crippen LogP contribution in [0.4, 0.5) is 4.39 Å². The molecule has 1 aromatic carbocycles. The van der Waals surface area contributed by atoms with Gasteiger partial charge in [0.05, 0.1) is 13.7 Å². The molecule has 0 spiro atoms. The van der Waals surface area contributed by atoms with Crippen LogP contribution in [-0.2, 0) is 0 Å². The van der Waals surface area contributed by atoms with E-state index in [0.717, 1.165) is 15.6 Å². The molecule has 1 amide bonds. The largest absolute Gasteiger partial charge is 0.496 e. The van der Waals surface area contributed by atoms with Gasteiger partial charge in [0.2, 0.25) is 0 Å². The van der Waals surface area contributed by atoms with Crippen molar-refractivity contribution in [1.82, 2.24) is 4.90 Å². The summed E-state index contributed by atoms with van der Waals surface area (Å²) in [4.78, 5) is 14.3. The van der Waals surface area contributed by atoms with Crippen molar-refractivity contribution in [2.24, 2.45) is 5.92 Å². The van der Waals surface area contributed by atoms with Crippen molar-refractivity contribution in [1.29, 1.82) is 0 Å². The summed E-state index contributed by atoms with van der Waals surface area (Å²) in [6, 6.07) is 3.67. The summed E-state index contributed by atoms with van der Waals surface area (Å²) in [5.41, 5.74) is 1.72. The van der Waals surface area contributed by atoms with Crippen LogP contribution in [0.3, 0.4) is 0 Å². The molecule has 3 rings (SSSR count). The molecule has 3 nitrogen and oxygen atoms in total. The number of aryl methyl sites for hydroxylation is 1. The Hall–Kier alpha value is -1.62. The minimum Gasteiger partial charge on any atom is -0.496 e. The first-order valence-electron chi connectivity index (χ1n) is 7.48. The van der Waals surface area contributed by atoms with Gasteiger partial charge in [0.1, 0.15) is 11.9 Å². The van der Waals surface area contributed by atoms with E-state index in [0.29, 0.717) is 24.3 Å². The van der Waals surface area contributed by atoms with Gasteiger partial charge in [-0.3, -0.25) is 4.79 Å². The molecule has 2 aromatic rings. The fourth-order valence-electron chi connectivity index (χ4n) is 3.19. The molecule has 118 valence electrons. The standard InChI is InChI=1S/C17H20FNO2S/c1-10-4-13(18)8-19(7-10)17(20)12-5-14(21-3)16-11(2)9-22-15(16)6-12/h5-6,9-10,13H,4,7-8H2,1-3H3/t10-,13-/m1/s1. The Morgan fingerprint density at radius 3 is 2.86 bits per heavy atom. The first-order valence-corrected chi connectivity index (χ1v) is 8.36. The minimum atomic E-state index is -0.928. The Balaban J connectivity index is 1.97. The Kier molecular flexibility index (Phi) is 4.08. The number of hydrogen-bond acceptors (Lipinski definition) is 3. The van der Waals surface area contributed by atoms with Crippen molar-refractivity contribution in [3.8, 4) is 5.75 Å². The number of hydrogen-bond donors (Lipinski definition) is 0. The molecule has 1 aliphatic heterocycles. The summed E-state index contributed by atoms with van der Waals surface area (Å²) >= 11 is 1.60. The van der Waals surface area contributed by atoms with E-state index in [1.54, 1.807) is 29.4 Å². The second-order valence-electron chi connectivity index (χ2n) is 6.12. The molecule has 1 saturated heterocycles. The van der Waals surface area contributed by atoms with Crippen LogP contribution in [-0.4, -0.2) is 37.2 Å². The Bertz CT molecular complexity index is 702. The van der Waals surface area contributed by atoms with Crippen molar-refractivity contribution in [3.05, 3.63) is 28.6 Å². The molecule has 0 saturated carbocycles. The van der Waals surface area contributed by atoms with Gasteiger partial charge in [0.15, 0.2) is 0 Å². The third-order valence-corrected chi connectivity index (χ3v) is 5.23. The van der Waals surface area contributed by atoms with Crippen LogP contribution in [0.1, 0.15) is 29.3 Å². The Morgan fingerprint density at radius 1 is 1.41 bits per heavy atom. The van der Waals surface area contributed by atoms with Crippen molar-refractivity contribution in [3.63, 3.8) is 0 Å². The average Bonchev–Trinajstić information content (AvgIpc) is 2.86. The molecule has 1 aromatic heterocycles. The number of thiophene rings is 1. The predicted molar refractivity (Wildman–Crippen MR) is 87.7 cm³/mol. The molecule has 0 radical (unpaired) electrons. The quantitative estimate of drug-likeness (QED) is 0.835. The molecule has 5 heteroatoms. The van der Waals surface area contributed by atoms with E-state index in [4.69, 9.17) is 4.74 Å². The Morgan fingerprint density at radius 2 is 2.18 bits per heavy atom. The molecule has 0 N–H and O–H groups in total. The fraction of sp³-hybridized carbons (Fsp3) is 0.471. The van der Waals surface area contributed by atoms with E-state index in [9.17, 15) is 9.18 Å². The lowest BCUT2D eigenvalue weighted by Gasteiger charge is -2.33. The van der Waals surface area contributed by atoms with Gasteiger partial charge in [-0.25, -0.2) is 4.39 Å². The molecule has 1 fully saturated rings. The topological polar surface area (TPSA) is 29.5 Å². The van der Waals surface area contributed by atoms with Gasteiger partial charge in [0.25, 0.3) is 5.91 Å². The summed E-state index contributed by atoms with van der Waals surface area (Å²) in [5, 5.41) is 3.11. The maximum Gasteiger partial charge on any atom is 0.254 e. The number of piperidine rings is 1. The second-order valence-corrected chi connectivity index (χ2v) is 7.03. The van der Waals surface area contributed by atoms with Gasteiger partial charge in [-0.15, -0.1) is 11.3 Å². The molecule has 0 unspecified atom stereocenters. The van der Waals surface area contributed by atoms with Crippen molar-refractivity contribution >= 4 is 27.3 Å². The van der Waals surface area contributed by atoms with Crippen LogP contribution in [0.2, 0.25) is 0 Å². The number of ether oxygens (including phenoxy) is 1. The summed E-state index contributed by atoms with van der Waals surface area (Å²) in [5.74, 6) is 0.796. The van der Waals surface area contributed by atoms with E-state index in [1.165, 1.54) is 0 Å². The smallest absolute Gasteiger partial charge is 0.254 e. The number of likely N-dealkylation sites (tertiary alicyclic amines) is 1. The van der Waals surface area contributed by atoms with Gasteiger partial charge in [0, 0.05) is 22.2 Å². The highest BCUT2D eigenvalue weighted by atomic mass is 32.1. The third-order valence-electron chi connectivity index (χ3n) is 4.19. The average molecular weight is 321 g/mol. The minimum absolute atomic E-state index is 0.111. The van der Waals surface area contributed by atoms with Crippen LogP contribution in [0, 0.1) is 12.8 Å². The lowest BCUT2D eigenvalue weighted by atomic mass is 9.98. The highest BCUT2D eigenvalue weighted by Crippen LogP contribution is 2.35. The summed E-state index contributed by atoms with van der Waals surface area (Å²) in [7, 11) is 1.61. The number of nitrogens with zero attached hydrogens (tertiary/aromatic N) is 1. The lowest BCUT2D eigenvalue weighted by molar-refractivity contribution is 0.0555. The molecule has 2 heterocycles. The van der Waals surface area contributed by atoms with E-state index in [2.05, 4.69) is 5.38 Å². The van der Waals surface area contributed by atoms with Crippen molar-refractivity contribution in [2.45, 2.75) is 26.4 Å². The van der Waals surface area contributed by atoms with Gasteiger partial charge in [-0.1, -0.05) is 6.92 Å². The van der Waals surface area contributed by atoms with Crippen LogP contribution in [0.25, 0.3) is 10.1 Å². The number of alkyl halides is 1. The number of fused-ring (bicyclic) bond motifs is 1. The molecule has 22 heavy (non-hydrogen) atoms. The first-order chi connectivity index (χ1) is 10.5. The number of carbonyl (C=O) groups is 1. The van der Waals surface area contributed by atoms with Crippen molar-refractivity contribution in [2.75, 3.05) is 20.2 Å². The number of rotatable bonds is 2. The maximum absolute atomic E-state index is 13.7. The van der Waals surface area contributed by atoms with E-state index in [1.807, 2.05) is 19.9 Å². The molecule has 0 aliphatic carbocycles. The lowest BCUT2D eigenvalue weighted by Crippen LogP contribution is -2.44. The van der Waals surface area contributed by atoms with E-state index < -0.39 is 6.17 Å². The van der Waals surface area contributed by atoms with Crippen LogP contribution in [0.5, 0.6) is 5.75 Å². The maximum atomic E-state index is 13.7. The van der Waals surface area contributed by atoms with Crippen LogP contribution < -0.4 is 4.74 Å². The molecule has 2 atom stereocenters. The Labute approximate surface area is 133 Å². The molecular weight excluding hydrogens is 301 g/mol. The van der Waals surface area contributed by atoms with Crippen LogP contribution >= 0.6 is 11.3 Å². The van der Waals surface area contributed by atoms with Crippen molar-refractivity contribution < 1.29 is 13.9 Å². The number of methoxy groups -OCH3 is 1. The number of halogens is 1. The van der Waals surface area contributed by atoms with Gasteiger partial charge in [-0.2, -0.15) is 0 Å². The van der Waals surface area contributed by atoms with Gasteiger partial charge >= 0.3 is 0 Å². The summed E-state index contributed by atoms with van der Waals surface area (Å²) in [6.07, 6.45) is -0.390. The first kappa shape index (κ1) is 15.3. The zero-order valence-electron chi connectivity index (χ0n) is 13.1. The zero-order chi connectivity index (χ0) is 15.9. The number of amides is 1. The monoisotopic (exact) mass is 321 g/mol. The fourth-order valence-corrected chi connectivity index (χ4v) is 4.19. The van der Waals surface area contributed by atoms with Crippen LogP contribution in [0.15, 0.2) is 17.5 Å². The second kappa shape index (κ2) is 5.88. The predicted octanol–water partition coefficient (Wildman–Crippen LogP) is 4.04. The highest BCUT2D eigenvalue weighted by Gasteiger charge is 2.28. The highest BCUT2D eigenvalue weighted by molar-refractivity contribution is 7.17. The van der Waals surface area contributed by atoms with E-state index in [-0.39, 0.29) is 18.4 Å². The SMILES string of the molecule is COc1cc(C(=O)N2C[C@H](C)C[C@@H](F)C2)cc2scc(C)c12. The normalized spacial score (nSPS) is 22.1. The number of benzene rings is 1. The van der Waals surface area contributed by atoms with Gasteiger partial charge < -0.3 is 9.64 Å². The summed E-state index contributed by atoms with van der Waals surface area (Å²) < 4.78 is 20.2. The van der Waals surface area contributed by atoms with E-state index >= 15 is 0 Å². The summed E-state index contributed by atoms with van der Waals surface area (Å²) in [6.45, 7) is 4.82.